The van der Waals surface area contributed by atoms with Gasteiger partial charge >= 0.3 is 5.97 Å². The van der Waals surface area contributed by atoms with Crippen LogP contribution in [0.5, 0.6) is 0 Å². The summed E-state index contributed by atoms with van der Waals surface area (Å²) in [6.45, 7) is 3.98. The van der Waals surface area contributed by atoms with Crippen LogP contribution in [0.3, 0.4) is 0 Å². The Bertz CT molecular complexity index is 264. The van der Waals surface area contributed by atoms with Crippen molar-refractivity contribution in [2.45, 2.75) is 45.2 Å². The number of hydrogen-bond acceptors (Lipinski definition) is 4. The molecule has 1 aliphatic carbocycles. The van der Waals surface area contributed by atoms with Crippen molar-refractivity contribution in [2.75, 3.05) is 13.2 Å². The van der Waals surface area contributed by atoms with Gasteiger partial charge in [0.25, 0.3) is 0 Å². The number of hydrogen-bond donors (Lipinski definition) is 1. The average Bonchev–Trinajstić information content (AvgIpc) is 3.08. The molecular weight excluding hydrogens is 208 g/mol. The fourth-order valence-corrected chi connectivity index (χ4v) is 1.51. The minimum Gasteiger partial charge on any atom is -0.465 e. The van der Waals surface area contributed by atoms with E-state index in [1.165, 1.54) is 0 Å². The van der Waals surface area contributed by atoms with Crippen molar-refractivity contribution in [2.24, 2.45) is 5.73 Å². The maximum absolute atomic E-state index is 11.9. The van der Waals surface area contributed by atoms with Gasteiger partial charge in [-0.3, -0.25) is 9.59 Å². The van der Waals surface area contributed by atoms with Crippen molar-refractivity contribution >= 4 is 11.9 Å². The molecule has 5 heteroatoms. The zero-order valence-electron chi connectivity index (χ0n) is 9.94. The molecular formula is C11H20N2O3. The molecule has 1 rings (SSSR count). The van der Waals surface area contributed by atoms with E-state index in [9.17, 15) is 9.59 Å². The molecule has 0 radical (unpaired) electrons. The van der Waals surface area contributed by atoms with Crippen molar-refractivity contribution in [1.82, 2.24) is 4.90 Å². The average molecular weight is 228 g/mol. The van der Waals surface area contributed by atoms with E-state index in [-0.39, 0.29) is 24.5 Å². The van der Waals surface area contributed by atoms with Crippen LogP contribution < -0.4 is 5.73 Å². The summed E-state index contributed by atoms with van der Waals surface area (Å²) in [5.74, 6) is -0.496. The number of ether oxygens (including phenoxy) is 1. The first-order valence-electron chi connectivity index (χ1n) is 5.81. The topological polar surface area (TPSA) is 72.6 Å². The fourth-order valence-electron chi connectivity index (χ4n) is 1.51. The van der Waals surface area contributed by atoms with Crippen molar-refractivity contribution in [3.8, 4) is 0 Å². The van der Waals surface area contributed by atoms with Gasteiger partial charge in [0.15, 0.2) is 0 Å². The highest BCUT2D eigenvalue weighted by Crippen LogP contribution is 2.27. The van der Waals surface area contributed by atoms with Gasteiger partial charge in [0.2, 0.25) is 5.91 Å². The Morgan fingerprint density at radius 2 is 2.06 bits per heavy atom. The summed E-state index contributed by atoms with van der Waals surface area (Å²) in [4.78, 5) is 24.8. The second-order valence-corrected chi connectivity index (χ2v) is 4.02. The lowest BCUT2D eigenvalue weighted by molar-refractivity contribution is -0.149. The number of rotatable bonds is 6. The van der Waals surface area contributed by atoms with E-state index in [1.807, 2.05) is 6.92 Å². The van der Waals surface area contributed by atoms with Gasteiger partial charge < -0.3 is 15.4 Å². The molecule has 92 valence electrons. The maximum Gasteiger partial charge on any atom is 0.325 e. The zero-order chi connectivity index (χ0) is 12.1. The minimum atomic E-state index is -0.505. The van der Waals surface area contributed by atoms with Crippen LogP contribution in [0.2, 0.25) is 0 Å². The standard InChI is InChI=1S/C11H20N2O3/c1-3-9(12)11(15)13(8-5-6-8)7-10(14)16-4-2/h8-9H,3-7,12H2,1-2H3/t9-/m0/s1. The zero-order valence-corrected chi connectivity index (χ0v) is 9.94. The van der Waals surface area contributed by atoms with Gasteiger partial charge in [-0.2, -0.15) is 0 Å². The Kier molecular flexibility index (Phi) is 4.73. The van der Waals surface area contributed by atoms with E-state index < -0.39 is 6.04 Å². The quantitative estimate of drug-likeness (QED) is 0.663. The molecule has 1 saturated carbocycles. The van der Waals surface area contributed by atoms with Gasteiger partial charge in [-0.15, -0.1) is 0 Å². The molecule has 0 aromatic heterocycles. The van der Waals surface area contributed by atoms with Gasteiger partial charge in [0, 0.05) is 6.04 Å². The van der Waals surface area contributed by atoms with Crippen LogP contribution in [0.15, 0.2) is 0 Å². The minimum absolute atomic E-state index is 0.0328. The van der Waals surface area contributed by atoms with E-state index in [4.69, 9.17) is 10.5 Å². The van der Waals surface area contributed by atoms with E-state index in [2.05, 4.69) is 0 Å². The number of amides is 1. The molecule has 0 heterocycles. The molecule has 0 unspecified atom stereocenters. The predicted octanol–water partition coefficient (Wildman–Crippen LogP) is 0.278. The van der Waals surface area contributed by atoms with Crippen LogP contribution in [-0.2, 0) is 14.3 Å². The smallest absolute Gasteiger partial charge is 0.325 e. The van der Waals surface area contributed by atoms with Crippen LogP contribution >= 0.6 is 0 Å². The van der Waals surface area contributed by atoms with Gasteiger partial charge in [-0.25, -0.2) is 0 Å². The molecule has 2 N–H and O–H groups in total. The van der Waals surface area contributed by atoms with Crippen LogP contribution in [0, 0.1) is 0 Å². The molecule has 0 bridgehead atoms. The number of nitrogens with zero attached hydrogens (tertiary/aromatic N) is 1. The van der Waals surface area contributed by atoms with E-state index in [0.717, 1.165) is 12.8 Å². The molecule has 0 aromatic rings. The Morgan fingerprint density at radius 3 is 2.50 bits per heavy atom. The molecule has 5 nitrogen and oxygen atoms in total. The van der Waals surface area contributed by atoms with Crippen molar-refractivity contribution in [3.63, 3.8) is 0 Å². The monoisotopic (exact) mass is 228 g/mol. The van der Waals surface area contributed by atoms with E-state index in [0.29, 0.717) is 13.0 Å². The molecule has 0 spiro atoms. The van der Waals surface area contributed by atoms with E-state index in [1.54, 1.807) is 11.8 Å². The number of esters is 1. The Hall–Kier alpha value is -1.10. The summed E-state index contributed by atoms with van der Waals surface area (Å²) in [6, 6.07) is -0.315. The first kappa shape index (κ1) is 13.0. The highest BCUT2D eigenvalue weighted by atomic mass is 16.5. The highest BCUT2D eigenvalue weighted by molar-refractivity contribution is 5.86. The molecule has 1 fully saturated rings. The number of carbonyl (C=O) groups excluding carboxylic acids is 2. The Balaban J connectivity index is 2.53. The highest BCUT2D eigenvalue weighted by Gasteiger charge is 2.35. The summed E-state index contributed by atoms with van der Waals surface area (Å²) in [5.41, 5.74) is 5.69. The van der Waals surface area contributed by atoms with Crippen LogP contribution in [0.4, 0.5) is 0 Å². The molecule has 16 heavy (non-hydrogen) atoms. The lowest BCUT2D eigenvalue weighted by Crippen LogP contribution is -2.47. The first-order chi connectivity index (χ1) is 7.60. The molecule has 0 aliphatic heterocycles. The number of nitrogens with two attached hydrogens (primary N) is 1. The SMILES string of the molecule is CCOC(=O)CN(C(=O)[C@@H](N)CC)C1CC1. The lowest BCUT2D eigenvalue weighted by Gasteiger charge is -2.24. The summed E-state index contributed by atoms with van der Waals surface area (Å²) in [5, 5.41) is 0. The molecule has 1 aliphatic rings. The van der Waals surface area contributed by atoms with Crippen LogP contribution in [-0.4, -0.2) is 42.0 Å². The predicted molar refractivity (Wildman–Crippen MR) is 59.6 cm³/mol. The Labute approximate surface area is 95.9 Å². The largest absolute Gasteiger partial charge is 0.465 e. The van der Waals surface area contributed by atoms with Gasteiger partial charge in [0.1, 0.15) is 6.54 Å². The summed E-state index contributed by atoms with van der Waals surface area (Å²) >= 11 is 0. The molecule has 1 atom stereocenters. The van der Waals surface area contributed by atoms with E-state index >= 15 is 0 Å². The third-order valence-corrected chi connectivity index (χ3v) is 2.63. The molecule has 0 aromatic carbocycles. The fraction of sp³-hybridized carbons (Fsp3) is 0.818. The van der Waals surface area contributed by atoms with Crippen LogP contribution in [0.25, 0.3) is 0 Å². The summed E-state index contributed by atoms with van der Waals surface area (Å²) in [7, 11) is 0. The van der Waals surface area contributed by atoms with Crippen molar-refractivity contribution in [3.05, 3.63) is 0 Å². The second-order valence-electron chi connectivity index (χ2n) is 4.02. The van der Waals surface area contributed by atoms with Gasteiger partial charge in [-0.1, -0.05) is 6.92 Å². The third-order valence-electron chi connectivity index (χ3n) is 2.63. The number of carbonyl (C=O) groups is 2. The van der Waals surface area contributed by atoms with Crippen LogP contribution in [0.1, 0.15) is 33.1 Å². The van der Waals surface area contributed by atoms with Crippen molar-refractivity contribution in [1.29, 1.82) is 0 Å². The molecule has 0 saturated heterocycles. The van der Waals surface area contributed by atoms with Crippen molar-refractivity contribution < 1.29 is 14.3 Å². The first-order valence-corrected chi connectivity index (χ1v) is 5.81. The summed E-state index contributed by atoms with van der Waals surface area (Å²) in [6.07, 6.45) is 2.51. The molecule has 1 amide bonds. The normalized spacial score (nSPS) is 16.7. The Morgan fingerprint density at radius 1 is 1.44 bits per heavy atom. The van der Waals surface area contributed by atoms with Gasteiger partial charge in [0.05, 0.1) is 12.6 Å². The summed E-state index contributed by atoms with van der Waals surface area (Å²) < 4.78 is 4.84. The lowest BCUT2D eigenvalue weighted by atomic mass is 10.2. The second kappa shape index (κ2) is 5.84. The van der Waals surface area contributed by atoms with Gasteiger partial charge in [-0.05, 0) is 26.2 Å². The third kappa shape index (κ3) is 3.48. The maximum atomic E-state index is 11.9.